The van der Waals surface area contributed by atoms with Crippen LogP contribution in [-0.2, 0) is 11.8 Å². The third kappa shape index (κ3) is 1.87. The van der Waals surface area contributed by atoms with E-state index in [1.807, 2.05) is 42.1 Å². The van der Waals surface area contributed by atoms with Crippen LogP contribution in [0.2, 0.25) is 0 Å². The van der Waals surface area contributed by atoms with Crippen LogP contribution in [0.15, 0.2) is 36.7 Å². The number of hydrogen-bond donors (Lipinski definition) is 1. The molecule has 16 heavy (non-hydrogen) atoms. The van der Waals surface area contributed by atoms with Crippen LogP contribution in [0.25, 0.3) is 11.4 Å². The lowest BCUT2D eigenvalue weighted by Gasteiger charge is -2.06. The van der Waals surface area contributed by atoms with Gasteiger partial charge >= 0.3 is 0 Å². The summed E-state index contributed by atoms with van der Waals surface area (Å²) in [6.45, 7) is 0. The average Bonchev–Trinajstić information content (AvgIpc) is 2.75. The molecule has 0 aliphatic carbocycles. The zero-order valence-corrected chi connectivity index (χ0v) is 9.00. The molecule has 4 nitrogen and oxygen atoms in total. The molecule has 0 aliphatic heterocycles. The fourth-order valence-corrected chi connectivity index (χ4v) is 1.58. The van der Waals surface area contributed by atoms with Gasteiger partial charge in [-0.25, -0.2) is 4.98 Å². The number of benzene rings is 1. The predicted molar refractivity (Wildman–Crippen MR) is 61.6 cm³/mol. The molecule has 1 atom stereocenters. The highest BCUT2D eigenvalue weighted by Gasteiger charge is 2.06. The van der Waals surface area contributed by atoms with Gasteiger partial charge in [0.2, 0.25) is 0 Å². The van der Waals surface area contributed by atoms with Crippen molar-refractivity contribution in [2.75, 3.05) is 0 Å². The van der Waals surface area contributed by atoms with Gasteiger partial charge in [-0.3, -0.25) is 0 Å². The van der Waals surface area contributed by atoms with Gasteiger partial charge in [-0.05, 0) is 5.56 Å². The molecule has 4 heteroatoms. The van der Waals surface area contributed by atoms with Crippen molar-refractivity contribution in [3.8, 4) is 11.4 Å². The second kappa shape index (κ2) is 4.28. The first-order chi connectivity index (χ1) is 7.72. The molecule has 2 rings (SSSR count). The number of nitrogens with zero attached hydrogens (tertiary/aromatic N) is 2. The third-order valence-corrected chi connectivity index (χ3v) is 2.52. The number of aldehydes is 1. The zero-order valence-electron chi connectivity index (χ0n) is 9.00. The van der Waals surface area contributed by atoms with Crippen molar-refractivity contribution in [1.29, 1.82) is 0 Å². The molecular formula is C12H13N3O. The van der Waals surface area contributed by atoms with Gasteiger partial charge < -0.3 is 15.1 Å². The number of nitrogens with two attached hydrogens (primary N) is 1. The summed E-state index contributed by atoms with van der Waals surface area (Å²) >= 11 is 0. The molecule has 0 aliphatic rings. The fourth-order valence-electron chi connectivity index (χ4n) is 1.58. The number of aromatic nitrogens is 2. The Morgan fingerprint density at radius 2 is 2.06 bits per heavy atom. The molecule has 0 radical (unpaired) electrons. The standard InChI is InChI=1S/C12H13N3O/c1-15-7-6-14-12(15)10-4-2-9(3-5-10)11(13)8-16/h2-8,11H,13H2,1H3. The first kappa shape index (κ1) is 10.6. The van der Waals surface area contributed by atoms with E-state index in [-0.39, 0.29) is 0 Å². The lowest BCUT2D eigenvalue weighted by atomic mass is 10.1. The van der Waals surface area contributed by atoms with E-state index >= 15 is 0 Å². The summed E-state index contributed by atoms with van der Waals surface area (Å²) in [5.74, 6) is 0.895. The Bertz CT molecular complexity index is 487. The van der Waals surface area contributed by atoms with Gasteiger partial charge in [0.25, 0.3) is 0 Å². The van der Waals surface area contributed by atoms with Gasteiger partial charge in [0.1, 0.15) is 12.1 Å². The lowest BCUT2D eigenvalue weighted by Crippen LogP contribution is -2.10. The van der Waals surface area contributed by atoms with E-state index < -0.39 is 6.04 Å². The van der Waals surface area contributed by atoms with Crippen molar-refractivity contribution in [3.05, 3.63) is 42.2 Å². The molecule has 1 heterocycles. The van der Waals surface area contributed by atoms with Gasteiger partial charge in [0, 0.05) is 25.0 Å². The quantitative estimate of drug-likeness (QED) is 0.785. The summed E-state index contributed by atoms with van der Waals surface area (Å²) in [6, 6.07) is 6.99. The zero-order chi connectivity index (χ0) is 11.5. The molecule has 0 bridgehead atoms. The highest BCUT2D eigenvalue weighted by Crippen LogP contribution is 2.18. The Kier molecular flexibility index (Phi) is 2.83. The monoisotopic (exact) mass is 215 g/mol. The summed E-state index contributed by atoms with van der Waals surface area (Å²) in [7, 11) is 1.94. The second-order valence-electron chi connectivity index (χ2n) is 3.65. The van der Waals surface area contributed by atoms with E-state index in [0.29, 0.717) is 0 Å². The summed E-state index contributed by atoms with van der Waals surface area (Å²) in [5.41, 5.74) is 7.43. The molecule has 0 spiro atoms. The maximum Gasteiger partial charge on any atom is 0.141 e. The number of imidazole rings is 1. The fraction of sp³-hybridized carbons (Fsp3) is 0.167. The van der Waals surface area contributed by atoms with Crippen LogP contribution in [0.3, 0.4) is 0 Å². The first-order valence-electron chi connectivity index (χ1n) is 5.01. The van der Waals surface area contributed by atoms with Crippen molar-refractivity contribution in [1.82, 2.24) is 9.55 Å². The Morgan fingerprint density at radius 1 is 1.38 bits per heavy atom. The van der Waals surface area contributed by atoms with Gasteiger partial charge in [-0.15, -0.1) is 0 Å². The third-order valence-electron chi connectivity index (χ3n) is 2.52. The van der Waals surface area contributed by atoms with Crippen molar-refractivity contribution in [2.24, 2.45) is 12.8 Å². The highest BCUT2D eigenvalue weighted by atomic mass is 16.1. The molecule has 0 saturated heterocycles. The van der Waals surface area contributed by atoms with E-state index in [1.54, 1.807) is 6.20 Å². The Labute approximate surface area is 93.7 Å². The highest BCUT2D eigenvalue weighted by molar-refractivity contribution is 5.63. The number of hydrogen-bond acceptors (Lipinski definition) is 3. The molecular weight excluding hydrogens is 202 g/mol. The summed E-state index contributed by atoms with van der Waals surface area (Å²) in [4.78, 5) is 14.8. The van der Waals surface area contributed by atoms with Gasteiger partial charge in [-0.1, -0.05) is 24.3 Å². The lowest BCUT2D eigenvalue weighted by molar-refractivity contribution is -0.109. The SMILES string of the molecule is Cn1ccnc1-c1ccc(C(N)C=O)cc1. The smallest absolute Gasteiger partial charge is 0.141 e. The Balaban J connectivity index is 2.33. The van der Waals surface area contributed by atoms with Crippen LogP contribution in [0.5, 0.6) is 0 Å². The summed E-state index contributed by atoms with van der Waals surface area (Å²) < 4.78 is 1.94. The van der Waals surface area contributed by atoms with E-state index in [9.17, 15) is 4.79 Å². The van der Waals surface area contributed by atoms with Crippen LogP contribution in [0.4, 0.5) is 0 Å². The maximum atomic E-state index is 10.5. The van der Waals surface area contributed by atoms with Crippen LogP contribution >= 0.6 is 0 Å². The van der Waals surface area contributed by atoms with Crippen molar-refractivity contribution >= 4 is 6.29 Å². The molecule has 0 fully saturated rings. The topological polar surface area (TPSA) is 60.9 Å². The van der Waals surface area contributed by atoms with Gasteiger partial charge in [-0.2, -0.15) is 0 Å². The van der Waals surface area contributed by atoms with Crippen molar-refractivity contribution < 1.29 is 4.79 Å². The molecule has 0 saturated carbocycles. The molecule has 1 unspecified atom stereocenters. The number of rotatable bonds is 3. The largest absolute Gasteiger partial charge is 0.334 e. The number of aryl methyl sites for hydroxylation is 1. The van der Waals surface area contributed by atoms with E-state index in [0.717, 1.165) is 23.2 Å². The van der Waals surface area contributed by atoms with Gasteiger partial charge in [0.15, 0.2) is 0 Å². The number of carbonyl (C=O) groups excluding carboxylic acids is 1. The summed E-state index contributed by atoms with van der Waals surface area (Å²) in [5, 5.41) is 0. The molecule has 1 aromatic carbocycles. The molecule has 2 N–H and O–H groups in total. The first-order valence-corrected chi connectivity index (χ1v) is 5.01. The Hall–Kier alpha value is -1.94. The number of carbonyl (C=O) groups is 1. The van der Waals surface area contributed by atoms with Crippen molar-refractivity contribution in [2.45, 2.75) is 6.04 Å². The normalized spacial score (nSPS) is 12.4. The van der Waals surface area contributed by atoms with Crippen LogP contribution < -0.4 is 5.73 Å². The molecule has 82 valence electrons. The molecule has 1 aromatic heterocycles. The van der Waals surface area contributed by atoms with E-state index in [4.69, 9.17) is 5.73 Å². The van der Waals surface area contributed by atoms with Crippen LogP contribution in [-0.4, -0.2) is 15.8 Å². The van der Waals surface area contributed by atoms with Crippen molar-refractivity contribution in [3.63, 3.8) is 0 Å². The Morgan fingerprint density at radius 3 is 2.56 bits per heavy atom. The minimum Gasteiger partial charge on any atom is -0.334 e. The van der Waals surface area contributed by atoms with Crippen LogP contribution in [0.1, 0.15) is 11.6 Å². The second-order valence-corrected chi connectivity index (χ2v) is 3.65. The van der Waals surface area contributed by atoms with E-state index in [2.05, 4.69) is 4.98 Å². The predicted octanol–water partition coefficient (Wildman–Crippen LogP) is 1.29. The van der Waals surface area contributed by atoms with Crippen LogP contribution in [0, 0.1) is 0 Å². The minimum atomic E-state index is -0.546. The molecule has 0 amide bonds. The minimum absolute atomic E-state index is 0.546. The maximum absolute atomic E-state index is 10.5. The van der Waals surface area contributed by atoms with Gasteiger partial charge in [0.05, 0.1) is 6.04 Å². The summed E-state index contributed by atoms with van der Waals surface area (Å²) in [6.07, 6.45) is 4.37. The molecule has 2 aromatic rings. The average molecular weight is 215 g/mol. The van der Waals surface area contributed by atoms with E-state index in [1.165, 1.54) is 0 Å².